The van der Waals surface area contributed by atoms with Crippen molar-refractivity contribution in [2.24, 2.45) is 0 Å². The zero-order valence-electron chi connectivity index (χ0n) is 12.7. The molecule has 0 atom stereocenters. The van der Waals surface area contributed by atoms with E-state index in [-0.39, 0.29) is 12.6 Å². The van der Waals surface area contributed by atoms with Gasteiger partial charge in [-0.2, -0.15) is 0 Å². The Morgan fingerprint density at radius 3 is 2.14 bits per heavy atom. The van der Waals surface area contributed by atoms with Crippen molar-refractivity contribution >= 4 is 5.97 Å². The van der Waals surface area contributed by atoms with Crippen LogP contribution < -0.4 is 9.47 Å². The van der Waals surface area contributed by atoms with Gasteiger partial charge in [-0.05, 0) is 42.8 Å². The molecule has 0 saturated carbocycles. The average Bonchev–Trinajstić information content (AvgIpc) is 2.58. The van der Waals surface area contributed by atoms with Crippen LogP contribution in [0.4, 0.5) is 0 Å². The second-order valence-corrected chi connectivity index (χ2v) is 4.67. The fraction of sp³-hybridized carbons (Fsp3) is 0.278. The van der Waals surface area contributed by atoms with E-state index in [4.69, 9.17) is 14.2 Å². The Balaban J connectivity index is 1.72. The molecule has 4 heteroatoms. The van der Waals surface area contributed by atoms with Crippen molar-refractivity contribution in [3.05, 3.63) is 60.2 Å². The summed E-state index contributed by atoms with van der Waals surface area (Å²) < 4.78 is 16.1. The van der Waals surface area contributed by atoms with Gasteiger partial charge in [-0.15, -0.1) is 0 Å². The number of benzene rings is 2. The summed E-state index contributed by atoms with van der Waals surface area (Å²) in [7, 11) is 0. The van der Waals surface area contributed by atoms with Gasteiger partial charge >= 0.3 is 5.97 Å². The molecule has 0 unspecified atom stereocenters. The van der Waals surface area contributed by atoms with Crippen molar-refractivity contribution in [2.75, 3.05) is 19.8 Å². The van der Waals surface area contributed by atoms with Crippen LogP contribution in [-0.2, 0) is 4.74 Å². The Kier molecular flexibility index (Phi) is 6.30. The minimum absolute atomic E-state index is 0.210. The third-order valence-electron chi connectivity index (χ3n) is 2.89. The Morgan fingerprint density at radius 1 is 0.818 bits per heavy atom. The molecule has 0 fully saturated rings. The van der Waals surface area contributed by atoms with Crippen molar-refractivity contribution in [3.8, 4) is 11.5 Å². The number of ether oxygens (including phenoxy) is 3. The van der Waals surface area contributed by atoms with E-state index >= 15 is 0 Å². The molecular formula is C18H20O4. The predicted molar refractivity (Wildman–Crippen MR) is 84.4 cm³/mol. The lowest BCUT2D eigenvalue weighted by molar-refractivity contribution is 0.0450. The molecule has 2 aromatic rings. The largest absolute Gasteiger partial charge is 0.494 e. The Labute approximate surface area is 130 Å². The average molecular weight is 300 g/mol. The quantitative estimate of drug-likeness (QED) is 0.550. The van der Waals surface area contributed by atoms with Crippen LogP contribution in [0.25, 0.3) is 0 Å². The number of hydrogen-bond acceptors (Lipinski definition) is 4. The predicted octanol–water partition coefficient (Wildman–Crippen LogP) is 3.71. The molecule has 0 heterocycles. The zero-order valence-corrected chi connectivity index (χ0v) is 12.7. The topological polar surface area (TPSA) is 44.8 Å². The molecule has 0 amide bonds. The van der Waals surface area contributed by atoms with E-state index in [1.165, 1.54) is 0 Å². The monoisotopic (exact) mass is 300 g/mol. The van der Waals surface area contributed by atoms with E-state index in [0.717, 1.165) is 17.9 Å². The lowest BCUT2D eigenvalue weighted by atomic mass is 10.2. The van der Waals surface area contributed by atoms with Crippen LogP contribution in [0.2, 0.25) is 0 Å². The highest BCUT2D eigenvalue weighted by molar-refractivity contribution is 5.89. The van der Waals surface area contributed by atoms with Crippen molar-refractivity contribution in [1.29, 1.82) is 0 Å². The lowest BCUT2D eigenvalue weighted by Gasteiger charge is -2.08. The highest BCUT2D eigenvalue weighted by Crippen LogP contribution is 2.13. The van der Waals surface area contributed by atoms with Gasteiger partial charge in [-0.25, -0.2) is 4.79 Å². The number of carbonyl (C=O) groups is 1. The highest BCUT2D eigenvalue weighted by atomic mass is 16.6. The normalized spacial score (nSPS) is 10.0. The fourth-order valence-corrected chi connectivity index (χ4v) is 1.80. The van der Waals surface area contributed by atoms with E-state index in [1.54, 1.807) is 24.3 Å². The molecule has 0 saturated heterocycles. The van der Waals surface area contributed by atoms with E-state index in [0.29, 0.717) is 18.8 Å². The standard InChI is InChI=1S/C18H20O4/c1-2-12-20-17-10-8-15(9-11-17)18(19)22-14-13-21-16-6-4-3-5-7-16/h3-11H,2,12-14H2,1H3. The van der Waals surface area contributed by atoms with Gasteiger partial charge in [0, 0.05) is 0 Å². The lowest BCUT2D eigenvalue weighted by Crippen LogP contribution is -2.12. The van der Waals surface area contributed by atoms with E-state index in [9.17, 15) is 4.79 Å². The Morgan fingerprint density at radius 2 is 1.45 bits per heavy atom. The highest BCUT2D eigenvalue weighted by Gasteiger charge is 2.07. The van der Waals surface area contributed by atoms with E-state index in [2.05, 4.69) is 0 Å². The SMILES string of the molecule is CCCOc1ccc(C(=O)OCCOc2ccccc2)cc1. The second kappa shape index (κ2) is 8.72. The van der Waals surface area contributed by atoms with Crippen molar-refractivity contribution in [2.45, 2.75) is 13.3 Å². The minimum Gasteiger partial charge on any atom is -0.494 e. The Hall–Kier alpha value is -2.49. The molecule has 0 radical (unpaired) electrons. The van der Waals surface area contributed by atoms with Gasteiger partial charge in [0.2, 0.25) is 0 Å². The van der Waals surface area contributed by atoms with Crippen LogP contribution in [0.5, 0.6) is 11.5 Å². The van der Waals surface area contributed by atoms with Gasteiger partial charge < -0.3 is 14.2 Å². The molecule has 0 aliphatic rings. The molecule has 0 bridgehead atoms. The summed E-state index contributed by atoms with van der Waals surface area (Å²) in [6, 6.07) is 16.4. The van der Waals surface area contributed by atoms with Crippen LogP contribution in [0.1, 0.15) is 23.7 Å². The number of para-hydroxylation sites is 1. The van der Waals surface area contributed by atoms with Crippen LogP contribution in [0, 0.1) is 0 Å². The summed E-state index contributed by atoms with van der Waals surface area (Å²) in [4.78, 5) is 11.9. The summed E-state index contributed by atoms with van der Waals surface area (Å²) in [5.41, 5.74) is 0.503. The zero-order chi connectivity index (χ0) is 15.6. The van der Waals surface area contributed by atoms with E-state index < -0.39 is 0 Å². The van der Waals surface area contributed by atoms with Crippen molar-refractivity contribution in [1.82, 2.24) is 0 Å². The van der Waals surface area contributed by atoms with Gasteiger partial charge in [-0.1, -0.05) is 25.1 Å². The maximum absolute atomic E-state index is 11.9. The minimum atomic E-state index is -0.362. The van der Waals surface area contributed by atoms with Crippen LogP contribution in [0.15, 0.2) is 54.6 Å². The first-order chi connectivity index (χ1) is 10.8. The summed E-state index contributed by atoms with van der Waals surface area (Å²) in [5, 5.41) is 0. The summed E-state index contributed by atoms with van der Waals surface area (Å²) in [5.74, 6) is 1.15. The fourth-order valence-electron chi connectivity index (χ4n) is 1.80. The molecule has 22 heavy (non-hydrogen) atoms. The van der Waals surface area contributed by atoms with Crippen molar-refractivity contribution < 1.29 is 19.0 Å². The molecule has 0 N–H and O–H groups in total. The number of rotatable bonds is 8. The van der Waals surface area contributed by atoms with Crippen molar-refractivity contribution in [3.63, 3.8) is 0 Å². The van der Waals surface area contributed by atoms with Gasteiger partial charge in [0.15, 0.2) is 0 Å². The first kappa shape index (κ1) is 15.9. The summed E-state index contributed by atoms with van der Waals surface area (Å²) in [6.07, 6.45) is 0.950. The van der Waals surface area contributed by atoms with Crippen LogP contribution in [-0.4, -0.2) is 25.8 Å². The maximum Gasteiger partial charge on any atom is 0.338 e. The third-order valence-corrected chi connectivity index (χ3v) is 2.89. The first-order valence-electron chi connectivity index (χ1n) is 7.37. The molecule has 2 rings (SSSR count). The molecule has 4 nitrogen and oxygen atoms in total. The van der Waals surface area contributed by atoms with Crippen LogP contribution in [0.3, 0.4) is 0 Å². The third kappa shape index (κ3) is 5.13. The smallest absolute Gasteiger partial charge is 0.338 e. The van der Waals surface area contributed by atoms with Gasteiger partial charge in [0.05, 0.1) is 12.2 Å². The molecular weight excluding hydrogens is 280 g/mol. The molecule has 0 spiro atoms. The summed E-state index contributed by atoms with van der Waals surface area (Å²) in [6.45, 7) is 3.25. The van der Waals surface area contributed by atoms with Crippen LogP contribution >= 0.6 is 0 Å². The van der Waals surface area contributed by atoms with Gasteiger partial charge in [-0.3, -0.25) is 0 Å². The molecule has 0 aliphatic heterocycles. The second-order valence-electron chi connectivity index (χ2n) is 4.67. The number of carbonyl (C=O) groups excluding carboxylic acids is 1. The van der Waals surface area contributed by atoms with E-state index in [1.807, 2.05) is 37.3 Å². The van der Waals surface area contributed by atoms with Gasteiger partial charge in [0.1, 0.15) is 24.7 Å². The maximum atomic E-state index is 11.9. The molecule has 116 valence electrons. The number of hydrogen-bond donors (Lipinski definition) is 0. The Bertz CT molecular complexity index is 563. The first-order valence-corrected chi connectivity index (χ1v) is 7.37. The number of esters is 1. The molecule has 0 aromatic heterocycles. The molecule has 2 aromatic carbocycles. The molecule has 0 aliphatic carbocycles. The summed E-state index contributed by atoms with van der Waals surface area (Å²) >= 11 is 0. The van der Waals surface area contributed by atoms with Gasteiger partial charge in [0.25, 0.3) is 0 Å².